The van der Waals surface area contributed by atoms with E-state index in [1.807, 2.05) is 13.0 Å². The van der Waals surface area contributed by atoms with Crippen molar-refractivity contribution in [2.24, 2.45) is 4.99 Å². The van der Waals surface area contributed by atoms with E-state index in [9.17, 15) is 4.39 Å². The number of ether oxygens (including phenoxy) is 1. The fourth-order valence-corrected chi connectivity index (χ4v) is 4.11. The van der Waals surface area contributed by atoms with E-state index >= 15 is 0 Å². The highest BCUT2D eigenvalue weighted by molar-refractivity contribution is 14.0. The van der Waals surface area contributed by atoms with Crippen molar-refractivity contribution in [2.45, 2.75) is 64.6 Å². The van der Waals surface area contributed by atoms with E-state index in [1.165, 1.54) is 38.3 Å². The zero-order valence-electron chi connectivity index (χ0n) is 17.0. The van der Waals surface area contributed by atoms with E-state index in [2.05, 4.69) is 27.4 Å². The molecule has 1 aliphatic heterocycles. The van der Waals surface area contributed by atoms with Crippen LogP contribution in [0.15, 0.2) is 23.2 Å². The molecule has 1 aliphatic carbocycles. The summed E-state index contributed by atoms with van der Waals surface area (Å²) in [5.41, 5.74) is 0.840. The molecule has 2 N–H and O–H groups in total. The number of aliphatic imine (C=N–C) groups is 1. The van der Waals surface area contributed by atoms with Gasteiger partial charge < -0.3 is 15.4 Å². The number of nitrogens with zero attached hydrogens (tertiary/aromatic N) is 2. The van der Waals surface area contributed by atoms with E-state index in [1.54, 1.807) is 6.07 Å². The lowest BCUT2D eigenvalue weighted by Gasteiger charge is -2.24. The van der Waals surface area contributed by atoms with Gasteiger partial charge in [-0.1, -0.05) is 18.9 Å². The third kappa shape index (κ3) is 6.47. The summed E-state index contributed by atoms with van der Waals surface area (Å²) >= 11 is 0. The molecule has 1 unspecified atom stereocenters. The van der Waals surface area contributed by atoms with Gasteiger partial charge in [-0.25, -0.2) is 9.38 Å². The standard InChI is InChI=1S/C21H33FN4O.HI/c1-3-23-21(24-14-16-9-10-20(27-4-2)19(22)13-16)25-17-11-12-26(15-17)18-7-5-6-8-18;/h9-10,13,17-18H,3-8,11-12,14-15H2,1-2H3,(H2,23,24,25);1H. The van der Waals surface area contributed by atoms with Crippen LogP contribution in [-0.4, -0.2) is 49.2 Å². The molecule has 158 valence electrons. The lowest BCUT2D eigenvalue weighted by atomic mass is 10.2. The van der Waals surface area contributed by atoms with Gasteiger partial charge in [-0.2, -0.15) is 0 Å². The maximum Gasteiger partial charge on any atom is 0.191 e. The molecule has 1 saturated carbocycles. The molecule has 7 heteroatoms. The Morgan fingerprint density at radius 2 is 2.04 bits per heavy atom. The van der Waals surface area contributed by atoms with Crippen LogP contribution in [0, 0.1) is 5.82 Å². The maximum absolute atomic E-state index is 14.0. The summed E-state index contributed by atoms with van der Waals surface area (Å²) in [7, 11) is 0. The normalized spacial score (nSPS) is 20.8. The van der Waals surface area contributed by atoms with Crippen LogP contribution in [0.4, 0.5) is 4.39 Å². The second kappa shape index (κ2) is 11.8. The predicted molar refractivity (Wildman–Crippen MR) is 123 cm³/mol. The highest BCUT2D eigenvalue weighted by Crippen LogP contribution is 2.26. The number of likely N-dealkylation sites (tertiary alicyclic amines) is 1. The first-order chi connectivity index (χ1) is 13.2. The van der Waals surface area contributed by atoms with Crippen molar-refractivity contribution in [3.63, 3.8) is 0 Å². The van der Waals surface area contributed by atoms with Crippen molar-refractivity contribution in [1.29, 1.82) is 0 Å². The van der Waals surface area contributed by atoms with Crippen LogP contribution < -0.4 is 15.4 Å². The van der Waals surface area contributed by atoms with Gasteiger partial charge in [-0.15, -0.1) is 24.0 Å². The van der Waals surface area contributed by atoms with Gasteiger partial charge in [-0.3, -0.25) is 4.90 Å². The second-order valence-corrected chi connectivity index (χ2v) is 7.46. The summed E-state index contributed by atoms with van der Waals surface area (Å²) in [5, 5.41) is 6.88. The summed E-state index contributed by atoms with van der Waals surface area (Å²) in [6.07, 6.45) is 6.61. The Kier molecular flexibility index (Phi) is 9.77. The summed E-state index contributed by atoms with van der Waals surface area (Å²) in [4.78, 5) is 7.29. The van der Waals surface area contributed by atoms with Gasteiger partial charge in [0.25, 0.3) is 0 Å². The predicted octanol–water partition coefficient (Wildman–Crippen LogP) is 3.91. The molecule has 1 aromatic rings. The highest BCUT2D eigenvalue weighted by atomic mass is 127. The molecule has 1 aromatic carbocycles. The molecule has 3 rings (SSSR count). The van der Waals surface area contributed by atoms with Gasteiger partial charge in [0, 0.05) is 31.7 Å². The van der Waals surface area contributed by atoms with E-state index in [4.69, 9.17) is 4.74 Å². The molecule has 0 radical (unpaired) electrons. The maximum atomic E-state index is 14.0. The third-order valence-electron chi connectivity index (χ3n) is 5.46. The minimum atomic E-state index is -0.328. The molecular weight excluding hydrogens is 470 g/mol. The Labute approximate surface area is 185 Å². The first-order valence-electron chi connectivity index (χ1n) is 10.4. The van der Waals surface area contributed by atoms with E-state index < -0.39 is 0 Å². The fraction of sp³-hybridized carbons (Fsp3) is 0.667. The molecule has 0 aromatic heterocycles. The van der Waals surface area contributed by atoms with Gasteiger partial charge in [0.1, 0.15) is 0 Å². The number of nitrogens with one attached hydrogen (secondary N) is 2. The summed E-state index contributed by atoms with van der Waals surface area (Å²) in [6, 6.07) is 6.28. The van der Waals surface area contributed by atoms with Crippen molar-refractivity contribution >= 4 is 29.9 Å². The van der Waals surface area contributed by atoms with Crippen molar-refractivity contribution in [3.05, 3.63) is 29.6 Å². The molecule has 0 amide bonds. The average molecular weight is 504 g/mol. The zero-order chi connectivity index (χ0) is 19.1. The molecule has 0 bridgehead atoms. The molecule has 0 spiro atoms. The Morgan fingerprint density at radius 1 is 1.25 bits per heavy atom. The quantitative estimate of drug-likeness (QED) is 0.336. The van der Waals surface area contributed by atoms with Crippen LogP contribution in [0.2, 0.25) is 0 Å². The molecule has 5 nitrogen and oxygen atoms in total. The molecular formula is C21H34FIN4O. The smallest absolute Gasteiger partial charge is 0.191 e. The van der Waals surface area contributed by atoms with E-state index in [0.717, 1.165) is 37.1 Å². The Morgan fingerprint density at radius 3 is 2.71 bits per heavy atom. The van der Waals surface area contributed by atoms with Crippen molar-refractivity contribution in [3.8, 4) is 5.75 Å². The van der Waals surface area contributed by atoms with Gasteiger partial charge in [0.2, 0.25) is 0 Å². The highest BCUT2D eigenvalue weighted by Gasteiger charge is 2.30. The van der Waals surface area contributed by atoms with Crippen LogP contribution in [-0.2, 0) is 6.54 Å². The summed E-state index contributed by atoms with van der Waals surface area (Å²) < 4.78 is 19.3. The Bertz CT molecular complexity index is 637. The first-order valence-corrected chi connectivity index (χ1v) is 10.4. The van der Waals surface area contributed by atoms with Gasteiger partial charge in [0.15, 0.2) is 17.5 Å². The molecule has 2 aliphatic rings. The molecule has 2 fully saturated rings. The zero-order valence-corrected chi connectivity index (χ0v) is 19.4. The lowest BCUT2D eigenvalue weighted by molar-refractivity contribution is 0.242. The van der Waals surface area contributed by atoms with Crippen molar-refractivity contribution in [1.82, 2.24) is 15.5 Å². The first kappa shape index (κ1) is 23.2. The summed E-state index contributed by atoms with van der Waals surface area (Å²) in [6.45, 7) is 7.89. The van der Waals surface area contributed by atoms with Crippen LogP contribution in [0.3, 0.4) is 0 Å². The lowest BCUT2D eigenvalue weighted by Crippen LogP contribution is -2.45. The number of hydrogen-bond donors (Lipinski definition) is 2. The topological polar surface area (TPSA) is 48.9 Å². The largest absolute Gasteiger partial charge is 0.491 e. The summed E-state index contributed by atoms with van der Waals surface area (Å²) in [5.74, 6) is 0.781. The van der Waals surface area contributed by atoms with Crippen molar-refractivity contribution in [2.75, 3.05) is 26.2 Å². The molecule has 28 heavy (non-hydrogen) atoms. The number of benzene rings is 1. The number of guanidine groups is 1. The third-order valence-corrected chi connectivity index (χ3v) is 5.46. The van der Waals surface area contributed by atoms with Crippen LogP contribution in [0.5, 0.6) is 5.75 Å². The minimum Gasteiger partial charge on any atom is -0.491 e. The monoisotopic (exact) mass is 504 g/mol. The number of halogens is 2. The Balaban J connectivity index is 0.00000280. The van der Waals surface area contributed by atoms with E-state index in [0.29, 0.717) is 24.9 Å². The molecule has 1 heterocycles. The fourth-order valence-electron chi connectivity index (χ4n) is 4.11. The van der Waals surface area contributed by atoms with Gasteiger partial charge in [0.05, 0.1) is 13.2 Å². The van der Waals surface area contributed by atoms with Crippen molar-refractivity contribution < 1.29 is 9.13 Å². The van der Waals surface area contributed by atoms with Crippen LogP contribution in [0.1, 0.15) is 51.5 Å². The molecule has 1 atom stereocenters. The van der Waals surface area contributed by atoms with Gasteiger partial charge in [-0.05, 0) is 50.8 Å². The van der Waals surface area contributed by atoms with Crippen LogP contribution >= 0.6 is 24.0 Å². The van der Waals surface area contributed by atoms with Gasteiger partial charge >= 0.3 is 0 Å². The average Bonchev–Trinajstić information content (AvgIpc) is 3.33. The minimum absolute atomic E-state index is 0. The second-order valence-electron chi connectivity index (χ2n) is 7.46. The van der Waals surface area contributed by atoms with E-state index in [-0.39, 0.29) is 29.8 Å². The Hall–Kier alpha value is -1.09. The SMILES string of the molecule is CCNC(=NCc1ccc(OCC)c(F)c1)NC1CCN(C2CCCC2)C1.I. The molecule has 1 saturated heterocycles. The number of hydrogen-bond acceptors (Lipinski definition) is 3. The van der Waals surface area contributed by atoms with Crippen LogP contribution in [0.25, 0.3) is 0 Å². The number of rotatable bonds is 7.